The van der Waals surface area contributed by atoms with Gasteiger partial charge >= 0.3 is 16.2 Å². The first-order valence-corrected chi connectivity index (χ1v) is 10.5. The first kappa shape index (κ1) is 21.2. The Balaban J connectivity index is 1.78. The Morgan fingerprint density at radius 3 is 2.52 bits per heavy atom. The number of aliphatic carboxylic acids is 1. The van der Waals surface area contributed by atoms with Crippen LogP contribution in [0, 0.1) is 0 Å². The number of nitrogens with one attached hydrogen (secondary N) is 1. The van der Waals surface area contributed by atoms with Crippen molar-refractivity contribution in [2.24, 2.45) is 0 Å². The van der Waals surface area contributed by atoms with Crippen LogP contribution in [0.5, 0.6) is 5.75 Å². The lowest BCUT2D eigenvalue weighted by Gasteiger charge is -2.31. The highest BCUT2D eigenvalue weighted by atomic mass is 32.3. The van der Waals surface area contributed by atoms with E-state index >= 15 is 0 Å². The fourth-order valence-electron chi connectivity index (χ4n) is 3.68. The third kappa shape index (κ3) is 5.30. The van der Waals surface area contributed by atoms with Crippen LogP contribution in [0.1, 0.15) is 37.2 Å². The normalized spacial score (nSPS) is 21.6. The van der Waals surface area contributed by atoms with E-state index in [0.29, 0.717) is 31.5 Å². The van der Waals surface area contributed by atoms with Gasteiger partial charge in [0.25, 0.3) is 5.91 Å². The van der Waals surface area contributed by atoms with Crippen LogP contribution in [0.2, 0.25) is 0 Å². The fourth-order valence-corrected chi connectivity index (χ4v) is 4.45. The van der Waals surface area contributed by atoms with E-state index in [1.54, 1.807) is 4.90 Å². The van der Waals surface area contributed by atoms with Crippen LogP contribution in [0.15, 0.2) is 23.1 Å². The highest BCUT2D eigenvalue weighted by molar-refractivity contribution is 7.86. The van der Waals surface area contributed by atoms with E-state index in [0.717, 1.165) is 6.07 Å². The van der Waals surface area contributed by atoms with Crippen LogP contribution >= 0.6 is 0 Å². The molecule has 2 aliphatic rings. The molecule has 11 heteroatoms. The predicted octanol–water partition coefficient (Wildman–Crippen LogP) is 0.793. The second-order valence-corrected chi connectivity index (χ2v) is 8.45. The van der Waals surface area contributed by atoms with E-state index < -0.39 is 39.0 Å². The van der Waals surface area contributed by atoms with Gasteiger partial charge in [0.05, 0.1) is 6.54 Å². The zero-order valence-corrected chi connectivity index (χ0v) is 16.3. The minimum Gasteiger partial charge on any atom is -0.481 e. The summed E-state index contributed by atoms with van der Waals surface area (Å²) in [4.78, 5) is 35.1. The molecule has 1 unspecified atom stereocenters. The summed E-state index contributed by atoms with van der Waals surface area (Å²) in [5.41, 5.74) is 0.304. The lowest BCUT2D eigenvalue weighted by atomic mass is 9.89. The molecule has 158 valence electrons. The number of carbonyl (C=O) groups is 3. The summed E-state index contributed by atoms with van der Waals surface area (Å²) in [6.07, 6.45) is 0.254. The smallest absolute Gasteiger partial charge is 0.332 e. The maximum atomic E-state index is 14.0. The van der Waals surface area contributed by atoms with Crippen molar-refractivity contribution in [3.8, 4) is 5.75 Å². The van der Waals surface area contributed by atoms with Crippen LogP contribution in [-0.4, -0.2) is 61.9 Å². The van der Waals surface area contributed by atoms with Crippen molar-refractivity contribution in [1.82, 2.24) is 10.2 Å². The van der Waals surface area contributed by atoms with E-state index in [2.05, 4.69) is 5.32 Å². The highest BCUT2D eigenvalue weighted by Crippen LogP contribution is 2.35. The lowest BCUT2D eigenvalue weighted by Crippen LogP contribution is -2.46. The number of piperidine rings is 2. The molecular formula is C18H21FN2O7S. The standard InChI is InChI=1S/C18H21FN2O7S/c19-29(26,27)15-9-12(28-14-3-4-16(22)20-18(14)25)1-2-13(15)11-5-7-21(8-6-11)10-17(23)24/h1-2,9,11,14H,3-8,10H2,(H,23,24)(H,20,22,25). The Labute approximate surface area is 167 Å². The van der Waals surface area contributed by atoms with Gasteiger partial charge in [0.1, 0.15) is 10.6 Å². The SMILES string of the molecule is O=C(O)CN1CCC(c2ccc(OC3CCC(=O)NC3=O)cc2S(=O)(=O)F)CC1. The van der Waals surface area contributed by atoms with Gasteiger partial charge in [-0.15, -0.1) is 3.89 Å². The fraction of sp³-hybridized carbons (Fsp3) is 0.500. The van der Waals surface area contributed by atoms with Crippen molar-refractivity contribution < 1.29 is 36.5 Å². The molecule has 0 saturated carbocycles. The number of amides is 2. The number of nitrogens with zero attached hydrogens (tertiary/aromatic N) is 1. The van der Waals surface area contributed by atoms with Crippen LogP contribution in [-0.2, 0) is 24.6 Å². The number of carboxylic acid groups (broad SMARTS) is 1. The molecular weight excluding hydrogens is 407 g/mol. The van der Waals surface area contributed by atoms with Crippen LogP contribution in [0.25, 0.3) is 0 Å². The van der Waals surface area contributed by atoms with Gasteiger partial charge in [-0.05, 0) is 43.5 Å². The first-order chi connectivity index (χ1) is 13.6. The van der Waals surface area contributed by atoms with Gasteiger partial charge in [-0.2, -0.15) is 8.42 Å². The van der Waals surface area contributed by atoms with Gasteiger partial charge in [-0.25, -0.2) is 0 Å². The van der Waals surface area contributed by atoms with Crippen molar-refractivity contribution >= 4 is 28.0 Å². The highest BCUT2D eigenvalue weighted by Gasteiger charge is 2.31. The lowest BCUT2D eigenvalue weighted by molar-refractivity contribution is -0.139. The molecule has 1 aromatic rings. The zero-order valence-electron chi connectivity index (χ0n) is 15.5. The number of ether oxygens (including phenoxy) is 1. The van der Waals surface area contributed by atoms with Crippen molar-refractivity contribution in [1.29, 1.82) is 0 Å². The number of benzene rings is 1. The molecule has 2 saturated heterocycles. The van der Waals surface area contributed by atoms with Crippen LogP contribution < -0.4 is 10.1 Å². The summed E-state index contributed by atoms with van der Waals surface area (Å²) in [5, 5.41) is 11.0. The molecule has 0 bridgehead atoms. The number of hydrogen-bond donors (Lipinski definition) is 2. The minimum atomic E-state index is -5.04. The Morgan fingerprint density at radius 1 is 1.24 bits per heavy atom. The molecule has 9 nitrogen and oxygen atoms in total. The van der Waals surface area contributed by atoms with E-state index in [1.807, 2.05) is 0 Å². The van der Waals surface area contributed by atoms with E-state index in [4.69, 9.17) is 9.84 Å². The van der Waals surface area contributed by atoms with E-state index in [1.165, 1.54) is 12.1 Å². The van der Waals surface area contributed by atoms with Crippen molar-refractivity contribution in [2.45, 2.75) is 42.6 Å². The van der Waals surface area contributed by atoms with Crippen molar-refractivity contribution in [3.05, 3.63) is 23.8 Å². The van der Waals surface area contributed by atoms with Gasteiger partial charge in [-0.3, -0.25) is 24.6 Å². The van der Waals surface area contributed by atoms with E-state index in [-0.39, 0.29) is 31.1 Å². The van der Waals surface area contributed by atoms with Gasteiger partial charge < -0.3 is 9.84 Å². The third-order valence-corrected chi connectivity index (χ3v) is 5.98. The van der Waals surface area contributed by atoms with Crippen molar-refractivity contribution in [3.63, 3.8) is 0 Å². The minimum absolute atomic E-state index is 0.0165. The molecule has 2 N–H and O–H groups in total. The summed E-state index contributed by atoms with van der Waals surface area (Å²) in [6.45, 7) is 0.814. The number of carboxylic acids is 1. The van der Waals surface area contributed by atoms with Gasteiger partial charge in [0.2, 0.25) is 5.91 Å². The molecule has 29 heavy (non-hydrogen) atoms. The molecule has 0 aromatic heterocycles. The average molecular weight is 428 g/mol. The quantitative estimate of drug-likeness (QED) is 0.503. The van der Waals surface area contributed by atoms with E-state index in [9.17, 15) is 26.7 Å². The van der Waals surface area contributed by atoms with Gasteiger partial charge in [-0.1, -0.05) is 6.07 Å². The Morgan fingerprint density at radius 2 is 1.93 bits per heavy atom. The number of imide groups is 1. The molecule has 3 rings (SSSR count). The summed E-state index contributed by atoms with van der Waals surface area (Å²) in [7, 11) is -5.04. The first-order valence-electron chi connectivity index (χ1n) is 9.16. The molecule has 2 heterocycles. The topological polar surface area (TPSA) is 130 Å². The molecule has 2 fully saturated rings. The van der Waals surface area contributed by atoms with Gasteiger partial charge in [0, 0.05) is 18.9 Å². The average Bonchev–Trinajstić information content (AvgIpc) is 2.63. The maximum Gasteiger partial charge on any atom is 0.332 e. The predicted molar refractivity (Wildman–Crippen MR) is 97.6 cm³/mol. The molecule has 1 aromatic carbocycles. The zero-order chi connectivity index (χ0) is 21.2. The Kier molecular flexibility index (Phi) is 6.18. The number of halogens is 1. The number of hydrogen-bond acceptors (Lipinski definition) is 7. The monoisotopic (exact) mass is 428 g/mol. The largest absolute Gasteiger partial charge is 0.481 e. The molecule has 2 aliphatic heterocycles. The number of carbonyl (C=O) groups excluding carboxylic acids is 2. The second-order valence-electron chi connectivity index (χ2n) is 7.14. The molecule has 0 spiro atoms. The molecule has 0 radical (unpaired) electrons. The Bertz CT molecular complexity index is 926. The third-order valence-electron chi connectivity index (χ3n) is 5.10. The summed E-state index contributed by atoms with van der Waals surface area (Å²) >= 11 is 0. The second kappa shape index (κ2) is 8.46. The Hall–Kier alpha value is -2.53. The number of rotatable bonds is 6. The maximum absolute atomic E-state index is 14.0. The summed E-state index contributed by atoms with van der Waals surface area (Å²) in [5.74, 6) is -2.20. The molecule has 1 atom stereocenters. The van der Waals surface area contributed by atoms with Crippen LogP contribution in [0.4, 0.5) is 3.89 Å². The summed E-state index contributed by atoms with van der Waals surface area (Å²) < 4.78 is 42.9. The molecule has 2 amide bonds. The van der Waals surface area contributed by atoms with Gasteiger partial charge in [0.15, 0.2) is 6.10 Å². The van der Waals surface area contributed by atoms with Crippen LogP contribution in [0.3, 0.4) is 0 Å². The molecule has 0 aliphatic carbocycles. The number of likely N-dealkylation sites (tertiary alicyclic amines) is 1. The van der Waals surface area contributed by atoms with Crippen molar-refractivity contribution in [2.75, 3.05) is 19.6 Å². The summed E-state index contributed by atoms with van der Waals surface area (Å²) in [6, 6.07) is 3.99.